The average Bonchev–Trinajstić information content (AvgIpc) is 2.70. The van der Waals surface area contributed by atoms with Gasteiger partial charge in [-0.15, -0.1) is 0 Å². The largest absolute Gasteiger partial charge is 0.497 e. The van der Waals surface area contributed by atoms with Crippen LogP contribution in [0.5, 0.6) is 5.75 Å². The van der Waals surface area contributed by atoms with E-state index >= 15 is 0 Å². The molecule has 1 aromatic rings. The molecule has 0 radical (unpaired) electrons. The first-order valence-electron chi connectivity index (χ1n) is 10.1. The van der Waals surface area contributed by atoms with Gasteiger partial charge in [0.05, 0.1) is 35.9 Å². The molecule has 0 aromatic heterocycles. The van der Waals surface area contributed by atoms with Crippen molar-refractivity contribution in [2.75, 3.05) is 27.6 Å². The zero-order chi connectivity index (χ0) is 22.4. The van der Waals surface area contributed by atoms with Crippen molar-refractivity contribution in [1.29, 1.82) is 0 Å². The minimum absolute atomic E-state index is 0.0986. The van der Waals surface area contributed by atoms with Crippen molar-refractivity contribution in [3.63, 3.8) is 0 Å². The van der Waals surface area contributed by atoms with Crippen molar-refractivity contribution < 1.29 is 24.1 Å². The van der Waals surface area contributed by atoms with Crippen LogP contribution in [0.4, 0.5) is 0 Å². The summed E-state index contributed by atoms with van der Waals surface area (Å²) in [5.74, 6) is 0.924. The first-order chi connectivity index (χ1) is 14.4. The van der Waals surface area contributed by atoms with E-state index < -0.39 is 0 Å². The summed E-state index contributed by atoms with van der Waals surface area (Å²) < 4.78 is 23.3. The van der Waals surface area contributed by atoms with Crippen LogP contribution in [0.25, 0.3) is 0 Å². The second kappa shape index (κ2) is 16.0. The summed E-state index contributed by atoms with van der Waals surface area (Å²) in [6.07, 6.45) is 6.27. The maximum absolute atomic E-state index is 9.52. The van der Waals surface area contributed by atoms with Gasteiger partial charge >= 0.3 is 0 Å². The molecule has 0 aliphatic rings. The van der Waals surface area contributed by atoms with Gasteiger partial charge in [0.25, 0.3) is 0 Å². The molecule has 0 unspecified atom stereocenters. The Labute approximate surface area is 197 Å². The summed E-state index contributed by atoms with van der Waals surface area (Å²) >= 11 is 6.88. The number of ether oxygens (including phenoxy) is 4. The Morgan fingerprint density at radius 2 is 1.83 bits per heavy atom. The van der Waals surface area contributed by atoms with E-state index in [-0.39, 0.29) is 24.9 Å². The second-order valence-corrected chi connectivity index (χ2v) is 9.98. The molecule has 30 heavy (non-hydrogen) atoms. The van der Waals surface area contributed by atoms with E-state index in [1.165, 1.54) is 0 Å². The van der Waals surface area contributed by atoms with Gasteiger partial charge in [-0.1, -0.05) is 31.2 Å². The Balaban J connectivity index is 2.87. The van der Waals surface area contributed by atoms with Crippen molar-refractivity contribution >= 4 is 31.9 Å². The van der Waals surface area contributed by atoms with Crippen LogP contribution >= 0.6 is 31.9 Å². The summed E-state index contributed by atoms with van der Waals surface area (Å²) in [5, 5.41) is 9.52. The zero-order valence-corrected chi connectivity index (χ0v) is 21.4. The van der Waals surface area contributed by atoms with Crippen molar-refractivity contribution in [2.45, 2.75) is 51.9 Å². The van der Waals surface area contributed by atoms with Crippen molar-refractivity contribution in [3.8, 4) is 5.75 Å². The van der Waals surface area contributed by atoms with E-state index in [0.29, 0.717) is 13.2 Å². The van der Waals surface area contributed by atoms with Crippen LogP contribution < -0.4 is 4.74 Å². The van der Waals surface area contributed by atoms with Crippen LogP contribution in [0, 0.1) is 5.92 Å². The van der Waals surface area contributed by atoms with Crippen LogP contribution in [0.3, 0.4) is 0 Å². The van der Waals surface area contributed by atoms with Crippen molar-refractivity contribution in [1.82, 2.24) is 0 Å². The molecule has 0 saturated carbocycles. The lowest BCUT2D eigenvalue weighted by Gasteiger charge is -2.25. The first kappa shape index (κ1) is 27.3. The Kier molecular flexibility index (Phi) is 14.6. The first-order valence-corrected chi connectivity index (χ1v) is 11.7. The summed E-state index contributed by atoms with van der Waals surface area (Å²) in [6, 6.07) is 7.85. The maximum Gasteiger partial charge on any atom is 0.147 e. The van der Waals surface area contributed by atoms with Crippen LogP contribution in [0.15, 0.2) is 45.4 Å². The number of halogens is 2. The average molecular weight is 550 g/mol. The van der Waals surface area contributed by atoms with E-state index in [9.17, 15) is 5.11 Å². The highest BCUT2D eigenvalue weighted by atomic mass is 79.9. The molecule has 1 rings (SSSR count). The van der Waals surface area contributed by atoms with E-state index in [0.717, 1.165) is 39.5 Å². The quantitative estimate of drug-likeness (QED) is 0.166. The molecule has 0 bridgehead atoms. The van der Waals surface area contributed by atoms with Crippen LogP contribution in [-0.2, 0) is 20.8 Å². The molecule has 0 aliphatic carbocycles. The Hall–Kier alpha value is -0.700. The predicted octanol–water partition coefficient (Wildman–Crippen LogP) is 5.95. The molecule has 0 spiro atoms. The molecular formula is C23H34Br2O5. The van der Waals surface area contributed by atoms with Crippen molar-refractivity contribution in [2.24, 2.45) is 5.92 Å². The number of hydrogen-bond acceptors (Lipinski definition) is 5. The minimum Gasteiger partial charge on any atom is -0.497 e. The summed E-state index contributed by atoms with van der Waals surface area (Å²) in [6.45, 7) is 5.06. The number of allylic oxidation sites excluding steroid dienone is 1. The normalized spacial score (nSPS) is 14.8. The number of unbranched alkanes of at least 4 members (excludes halogenated alkanes) is 1. The van der Waals surface area contributed by atoms with Gasteiger partial charge < -0.3 is 24.1 Å². The van der Waals surface area contributed by atoms with E-state index in [2.05, 4.69) is 44.9 Å². The fourth-order valence-corrected chi connectivity index (χ4v) is 3.82. The second-order valence-electron chi connectivity index (χ2n) is 7.21. The van der Waals surface area contributed by atoms with E-state index in [1.807, 2.05) is 37.3 Å². The smallest absolute Gasteiger partial charge is 0.147 e. The van der Waals surface area contributed by atoms with Gasteiger partial charge in [-0.2, -0.15) is 0 Å². The molecule has 5 nitrogen and oxygen atoms in total. The van der Waals surface area contributed by atoms with Gasteiger partial charge in [-0.05, 0) is 81.3 Å². The molecule has 0 aliphatic heterocycles. The molecule has 7 heteroatoms. The lowest BCUT2D eigenvalue weighted by Crippen LogP contribution is -2.27. The van der Waals surface area contributed by atoms with Gasteiger partial charge in [0.1, 0.15) is 12.5 Å². The Bertz CT molecular complexity index is 639. The third-order valence-corrected chi connectivity index (χ3v) is 5.06. The third-order valence-electron chi connectivity index (χ3n) is 4.53. The molecule has 0 fully saturated rings. The van der Waals surface area contributed by atoms with Gasteiger partial charge in [-0.25, -0.2) is 0 Å². The number of aliphatic hydroxyl groups is 1. The van der Waals surface area contributed by atoms with Gasteiger partial charge in [0.15, 0.2) is 0 Å². The molecule has 170 valence electrons. The maximum atomic E-state index is 9.52. The molecule has 0 amide bonds. The highest BCUT2D eigenvalue weighted by Crippen LogP contribution is 2.25. The Morgan fingerprint density at radius 1 is 1.13 bits per heavy atom. The number of rotatable bonds is 15. The number of aliphatic hydroxyl groups excluding tert-OH is 1. The molecule has 0 heterocycles. The molecular weight excluding hydrogens is 516 g/mol. The lowest BCUT2D eigenvalue weighted by molar-refractivity contribution is -0.0734. The highest BCUT2D eigenvalue weighted by Gasteiger charge is 2.21. The third kappa shape index (κ3) is 11.6. The monoisotopic (exact) mass is 548 g/mol. The van der Waals surface area contributed by atoms with Crippen LogP contribution in [-0.4, -0.2) is 44.9 Å². The number of methoxy groups -OCH3 is 2. The topological polar surface area (TPSA) is 57.2 Å². The lowest BCUT2D eigenvalue weighted by atomic mass is 9.96. The molecule has 0 saturated heterocycles. The summed E-state index contributed by atoms with van der Waals surface area (Å²) in [7, 11) is 3.27. The van der Waals surface area contributed by atoms with E-state index in [1.54, 1.807) is 14.2 Å². The predicted molar refractivity (Wildman–Crippen MR) is 128 cm³/mol. The highest BCUT2D eigenvalue weighted by molar-refractivity contribution is 9.28. The summed E-state index contributed by atoms with van der Waals surface area (Å²) in [5.41, 5.74) is 2.14. The van der Waals surface area contributed by atoms with Crippen LogP contribution in [0.1, 0.15) is 38.7 Å². The standard InChI is InChI=1S/C23H34Br2O5/c1-17(13-22(24)25)23(30-16-27-3)20(8-6-5-7-18(2)26)15-29-14-19-9-11-21(28-4)12-10-19/h8-13,17-18,23,26H,5-7,14-16H2,1-4H3/b20-8+/t17-,18+,23+/m0/s1. The zero-order valence-electron chi connectivity index (χ0n) is 18.3. The fraction of sp³-hybridized carbons (Fsp3) is 0.565. The summed E-state index contributed by atoms with van der Waals surface area (Å²) in [4.78, 5) is 0. The fourth-order valence-electron chi connectivity index (χ4n) is 2.99. The number of benzene rings is 1. The number of hydrogen-bond donors (Lipinski definition) is 1. The SMILES string of the molecule is COCO[C@@H](/C(=C/CCC[C@@H](C)O)COCc1ccc(OC)cc1)[C@@H](C)C=C(Br)Br. The van der Waals surface area contributed by atoms with Gasteiger partial charge in [-0.3, -0.25) is 0 Å². The molecule has 3 atom stereocenters. The molecule has 1 N–H and O–H groups in total. The van der Waals surface area contributed by atoms with Gasteiger partial charge in [0, 0.05) is 13.0 Å². The van der Waals surface area contributed by atoms with Crippen molar-refractivity contribution in [3.05, 3.63) is 50.9 Å². The van der Waals surface area contributed by atoms with E-state index in [4.69, 9.17) is 18.9 Å². The Morgan fingerprint density at radius 3 is 2.40 bits per heavy atom. The van der Waals surface area contributed by atoms with Crippen LogP contribution in [0.2, 0.25) is 0 Å². The minimum atomic E-state index is -0.292. The molecule has 1 aromatic carbocycles. The van der Waals surface area contributed by atoms with Gasteiger partial charge in [0.2, 0.25) is 0 Å².